The summed E-state index contributed by atoms with van der Waals surface area (Å²) in [6.45, 7) is -0.386. The van der Waals surface area contributed by atoms with Gasteiger partial charge in [-0.15, -0.1) is 0 Å². The summed E-state index contributed by atoms with van der Waals surface area (Å²) in [5, 5.41) is 12.4. The van der Waals surface area contributed by atoms with Gasteiger partial charge in [0.15, 0.2) is 0 Å². The fourth-order valence-electron chi connectivity index (χ4n) is 3.17. The predicted octanol–water partition coefficient (Wildman–Crippen LogP) is 2.64. The van der Waals surface area contributed by atoms with Crippen molar-refractivity contribution < 1.29 is 37.4 Å². The van der Waals surface area contributed by atoms with E-state index in [2.05, 4.69) is 5.32 Å². The van der Waals surface area contributed by atoms with E-state index in [1.807, 2.05) is 0 Å². The fraction of sp³-hybridized carbons (Fsp3) is 0.318. The number of aliphatic hydroxyl groups excluding tert-OH is 1. The van der Waals surface area contributed by atoms with Gasteiger partial charge < -0.3 is 15.2 Å². The zero-order valence-corrected chi connectivity index (χ0v) is 16.9. The average molecular weight is 450 g/mol. The van der Waals surface area contributed by atoms with E-state index in [1.165, 1.54) is 12.1 Å². The Hall–Kier alpha value is -3.40. The number of ether oxygens (including phenoxy) is 1. The smallest absolute Gasteiger partial charge is 0.416 e. The maximum atomic E-state index is 12.7. The summed E-state index contributed by atoms with van der Waals surface area (Å²) in [5.41, 5.74) is -0.187. The molecule has 3 rings (SSSR count). The fourth-order valence-corrected chi connectivity index (χ4v) is 3.17. The highest BCUT2D eigenvalue weighted by atomic mass is 19.4. The molecule has 170 valence electrons. The number of alkyl halides is 3. The van der Waals surface area contributed by atoms with Gasteiger partial charge in [-0.25, -0.2) is 0 Å². The van der Waals surface area contributed by atoms with E-state index >= 15 is 0 Å². The van der Waals surface area contributed by atoms with Crippen LogP contribution in [0.4, 0.5) is 13.2 Å². The van der Waals surface area contributed by atoms with Gasteiger partial charge in [0, 0.05) is 19.5 Å². The van der Waals surface area contributed by atoms with Crippen LogP contribution in [0.5, 0.6) is 5.75 Å². The summed E-state index contributed by atoms with van der Waals surface area (Å²) < 4.78 is 43.2. The second-order valence-electron chi connectivity index (χ2n) is 7.21. The lowest BCUT2D eigenvalue weighted by atomic mass is 10.1. The highest BCUT2D eigenvalue weighted by Gasteiger charge is 2.34. The summed E-state index contributed by atoms with van der Waals surface area (Å²) in [6.07, 6.45) is -5.37. The summed E-state index contributed by atoms with van der Waals surface area (Å²) in [5.74, 6) is -1.24. The van der Waals surface area contributed by atoms with Gasteiger partial charge >= 0.3 is 6.18 Å². The number of aliphatic hydroxyl groups is 1. The highest BCUT2D eigenvalue weighted by molar-refractivity contribution is 6.21. The normalized spacial score (nSPS) is 14.3. The summed E-state index contributed by atoms with van der Waals surface area (Å²) in [7, 11) is 0. The van der Waals surface area contributed by atoms with Crippen LogP contribution in [0.25, 0.3) is 0 Å². The minimum atomic E-state index is -4.50. The SMILES string of the molecule is O=C(CCCN1C(=O)c2ccccc2C1=O)NCC(O)COc1cccc(C(F)(F)F)c1. The Kier molecular flexibility index (Phi) is 7.14. The summed E-state index contributed by atoms with van der Waals surface area (Å²) in [4.78, 5) is 37.6. The molecule has 10 heteroatoms. The first kappa shape index (κ1) is 23.3. The highest BCUT2D eigenvalue weighted by Crippen LogP contribution is 2.31. The molecule has 7 nitrogen and oxygen atoms in total. The van der Waals surface area contributed by atoms with Crippen LogP contribution in [0.1, 0.15) is 39.1 Å². The molecule has 0 radical (unpaired) electrons. The lowest BCUT2D eigenvalue weighted by molar-refractivity contribution is -0.137. The largest absolute Gasteiger partial charge is 0.491 e. The van der Waals surface area contributed by atoms with E-state index in [9.17, 15) is 32.7 Å². The van der Waals surface area contributed by atoms with Crippen LogP contribution in [0, 0.1) is 0 Å². The molecule has 0 fully saturated rings. The van der Waals surface area contributed by atoms with E-state index in [4.69, 9.17) is 4.74 Å². The molecule has 1 atom stereocenters. The molecule has 2 aromatic carbocycles. The zero-order valence-electron chi connectivity index (χ0n) is 16.9. The number of nitrogens with one attached hydrogen (secondary N) is 1. The topological polar surface area (TPSA) is 95.9 Å². The van der Waals surface area contributed by atoms with Crippen molar-refractivity contribution >= 4 is 17.7 Å². The Balaban J connectivity index is 1.37. The monoisotopic (exact) mass is 450 g/mol. The van der Waals surface area contributed by atoms with Gasteiger partial charge in [-0.05, 0) is 36.8 Å². The Morgan fingerprint density at radius 1 is 1.06 bits per heavy atom. The number of hydrogen-bond acceptors (Lipinski definition) is 5. The van der Waals surface area contributed by atoms with Crippen LogP contribution >= 0.6 is 0 Å². The molecule has 1 heterocycles. The first-order chi connectivity index (χ1) is 15.2. The minimum Gasteiger partial charge on any atom is -0.491 e. The van der Waals surface area contributed by atoms with E-state index < -0.39 is 35.6 Å². The van der Waals surface area contributed by atoms with Crippen molar-refractivity contribution in [2.24, 2.45) is 0 Å². The van der Waals surface area contributed by atoms with E-state index in [1.54, 1.807) is 24.3 Å². The molecular formula is C22H21F3N2O5. The van der Waals surface area contributed by atoms with Crippen molar-refractivity contribution in [3.63, 3.8) is 0 Å². The van der Waals surface area contributed by atoms with E-state index in [0.717, 1.165) is 17.0 Å². The van der Waals surface area contributed by atoms with Crippen LogP contribution in [0.3, 0.4) is 0 Å². The van der Waals surface area contributed by atoms with Crippen molar-refractivity contribution in [3.8, 4) is 5.75 Å². The molecule has 0 bridgehead atoms. The number of fused-ring (bicyclic) bond motifs is 1. The molecule has 0 saturated carbocycles. The second-order valence-corrected chi connectivity index (χ2v) is 7.21. The number of benzene rings is 2. The first-order valence-electron chi connectivity index (χ1n) is 9.87. The van der Waals surface area contributed by atoms with Crippen LogP contribution in [-0.4, -0.2) is 53.5 Å². The van der Waals surface area contributed by atoms with Crippen molar-refractivity contribution in [2.45, 2.75) is 25.1 Å². The number of carbonyl (C=O) groups is 3. The molecule has 1 aliphatic heterocycles. The molecule has 0 saturated heterocycles. The average Bonchev–Trinajstić information content (AvgIpc) is 3.01. The van der Waals surface area contributed by atoms with Crippen LogP contribution < -0.4 is 10.1 Å². The lowest BCUT2D eigenvalue weighted by Crippen LogP contribution is -2.36. The third kappa shape index (κ3) is 5.64. The number of hydrogen-bond donors (Lipinski definition) is 2. The third-order valence-corrected chi connectivity index (χ3v) is 4.80. The standard InChI is InChI=1S/C22H21F3N2O5/c23-22(24,25)14-5-3-6-16(11-14)32-13-15(28)12-26-19(29)9-4-10-27-20(30)17-7-1-2-8-18(17)21(27)31/h1-3,5-8,11,15,28H,4,9-10,12-13H2,(H,26,29). The Labute approximate surface area is 181 Å². The van der Waals surface area contributed by atoms with Gasteiger partial charge in [0.25, 0.3) is 11.8 Å². The first-order valence-corrected chi connectivity index (χ1v) is 9.87. The van der Waals surface area contributed by atoms with Gasteiger partial charge in [-0.2, -0.15) is 13.2 Å². The second kappa shape index (κ2) is 9.82. The summed E-state index contributed by atoms with van der Waals surface area (Å²) in [6, 6.07) is 10.7. The molecule has 0 aromatic heterocycles. The lowest BCUT2D eigenvalue weighted by Gasteiger charge is -2.15. The van der Waals surface area contributed by atoms with Crippen molar-refractivity contribution in [2.75, 3.05) is 19.7 Å². The number of nitrogens with zero attached hydrogens (tertiary/aromatic N) is 1. The minimum absolute atomic E-state index is 0.0224. The maximum absolute atomic E-state index is 12.7. The molecule has 0 aliphatic carbocycles. The molecule has 2 N–H and O–H groups in total. The van der Waals surface area contributed by atoms with Crippen molar-refractivity contribution in [1.82, 2.24) is 10.2 Å². The van der Waals surface area contributed by atoms with Crippen molar-refractivity contribution in [1.29, 1.82) is 0 Å². The van der Waals surface area contributed by atoms with Crippen molar-refractivity contribution in [3.05, 3.63) is 65.2 Å². The number of carbonyl (C=O) groups excluding carboxylic acids is 3. The maximum Gasteiger partial charge on any atom is 0.416 e. The Morgan fingerprint density at radius 3 is 2.34 bits per heavy atom. The quantitative estimate of drug-likeness (QED) is 0.573. The Bertz CT molecular complexity index is 974. The number of imide groups is 1. The number of halogens is 3. The van der Waals surface area contributed by atoms with E-state index in [-0.39, 0.29) is 38.3 Å². The van der Waals surface area contributed by atoms with Gasteiger partial charge in [-0.3, -0.25) is 19.3 Å². The molecule has 0 spiro atoms. The van der Waals surface area contributed by atoms with Crippen LogP contribution in [0.2, 0.25) is 0 Å². The van der Waals surface area contributed by atoms with Gasteiger partial charge in [0.2, 0.25) is 5.91 Å². The third-order valence-electron chi connectivity index (χ3n) is 4.80. The molecule has 1 unspecified atom stereocenters. The van der Waals surface area contributed by atoms with E-state index in [0.29, 0.717) is 11.1 Å². The zero-order chi connectivity index (χ0) is 23.3. The van der Waals surface area contributed by atoms with Gasteiger partial charge in [0.05, 0.1) is 16.7 Å². The molecule has 1 aliphatic rings. The molecule has 32 heavy (non-hydrogen) atoms. The predicted molar refractivity (Wildman–Crippen MR) is 107 cm³/mol. The van der Waals surface area contributed by atoms with Crippen LogP contribution in [0.15, 0.2) is 48.5 Å². The van der Waals surface area contributed by atoms with Gasteiger partial charge in [-0.1, -0.05) is 18.2 Å². The molecular weight excluding hydrogens is 429 g/mol. The van der Waals surface area contributed by atoms with Crippen LogP contribution in [-0.2, 0) is 11.0 Å². The molecule has 3 amide bonds. The number of amides is 3. The molecule has 2 aromatic rings. The number of rotatable bonds is 9. The van der Waals surface area contributed by atoms with Gasteiger partial charge in [0.1, 0.15) is 18.5 Å². The Morgan fingerprint density at radius 2 is 1.72 bits per heavy atom. The summed E-state index contributed by atoms with van der Waals surface area (Å²) >= 11 is 0.